The summed E-state index contributed by atoms with van der Waals surface area (Å²) in [4.78, 5) is 17.5. The van der Waals surface area contributed by atoms with Crippen LogP contribution in [0.3, 0.4) is 0 Å². The molecular formula is C27H28Cl2N2O2. The minimum atomic E-state index is -0.0588. The van der Waals surface area contributed by atoms with Gasteiger partial charge in [0.25, 0.3) is 5.91 Å². The molecule has 0 atom stereocenters. The summed E-state index contributed by atoms with van der Waals surface area (Å²) in [6.45, 7) is 5.37. The predicted octanol–water partition coefficient (Wildman–Crippen LogP) is 6.33. The lowest BCUT2D eigenvalue weighted by atomic mass is 9.96. The van der Waals surface area contributed by atoms with E-state index < -0.39 is 0 Å². The number of rotatable bonds is 7. The average Bonchev–Trinajstić information content (AvgIpc) is 2.85. The number of piperazine rings is 1. The van der Waals surface area contributed by atoms with Crippen LogP contribution in [0.1, 0.15) is 40.9 Å². The Balaban J connectivity index is 1.48. The van der Waals surface area contributed by atoms with Crippen molar-refractivity contribution in [3.05, 3.63) is 99.5 Å². The highest BCUT2D eigenvalue weighted by atomic mass is 35.5. The van der Waals surface area contributed by atoms with Crippen LogP contribution in [0.25, 0.3) is 0 Å². The fourth-order valence-electron chi connectivity index (χ4n) is 4.28. The molecule has 4 rings (SSSR count). The van der Waals surface area contributed by atoms with E-state index in [1.165, 1.54) is 11.1 Å². The fourth-order valence-corrected chi connectivity index (χ4v) is 4.87. The lowest BCUT2D eigenvalue weighted by molar-refractivity contribution is 0.0597. The number of carbonyl (C=O) groups is 1. The summed E-state index contributed by atoms with van der Waals surface area (Å²) in [6, 6.07) is 24.5. The standard InChI is InChI=1S/C27H28Cl2N2O2/c1-2-17-33-26-23(28)18-22(19-24(26)29)27(32)31-15-13-30(14-16-31)25(20-9-5-3-6-10-20)21-11-7-4-8-12-21/h3-12,18-19,25H,2,13-17H2,1H3. The van der Waals surface area contributed by atoms with Crippen molar-refractivity contribution in [3.63, 3.8) is 0 Å². The molecule has 1 amide bonds. The van der Waals surface area contributed by atoms with Gasteiger partial charge in [-0.05, 0) is 29.7 Å². The number of carbonyl (C=O) groups excluding carboxylic acids is 1. The molecule has 1 fully saturated rings. The molecule has 0 N–H and O–H groups in total. The number of amides is 1. The summed E-state index contributed by atoms with van der Waals surface area (Å²) in [7, 11) is 0. The normalized spacial score (nSPS) is 14.5. The van der Waals surface area contributed by atoms with Crippen LogP contribution in [0.5, 0.6) is 5.75 Å². The van der Waals surface area contributed by atoms with Crippen LogP contribution in [0, 0.1) is 0 Å². The zero-order valence-corrected chi connectivity index (χ0v) is 20.2. The molecule has 3 aromatic rings. The Morgan fingerprint density at radius 3 is 1.88 bits per heavy atom. The van der Waals surface area contributed by atoms with Gasteiger partial charge in [0.05, 0.1) is 22.7 Å². The van der Waals surface area contributed by atoms with E-state index in [-0.39, 0.29) is 11.9 Å². The maximum absolute atomic E-state index is 13.2. The molecule has 0 saturated carbocycles. The summed E-state index contributed by atoms with van der Waals surface area (Å²) in [5, 5.41) is 0.734. The second-order valence-electron chi connectivity index (χ2n) is 8.17. The zero-order chi connectivity index (χ0) is 23.2. The first-order valence-corrected chi connectivity index (χ1v) is 12.1. The van der Waals surface area contributed by atoms with Crippen molar-refractivity contribution in [1.29, 1.82) is 0 Å². The molecule has 0 bridgehead atoms. The average molecular weight is 483 g/mol. The molecular weight excluding hydrogens is 455 g/mol. The van der Waals surface area contributed by atoms with Gasteiger partial charge in [0.1, 0.15) is 0 Å². The first-order chi connectivity index (χ1) is 16.1. The lowest BCUT2D eigenvalue weighted by Gasteiger charge is -2.40. The highest BCUT2D eigenvalue weighted by Gasteiger charge is 2.29. The monoisotopic (exact) mass is 482 g/mol. The molecule has 0 aromatic heterocycles. The number of hydrogen-bond acceptors (Lipinski definition) is 3. The Morgan fingerprint density at radius 1 is 0.879 bits per heavy atom. The molecule has 33 heavy (non-hydrogen) atoms. The highest BCUT2D eigenvalue weighted by molar-refractivity contribution is 6.37. The summed E-state index contributed by atoms with van der Waals surface area (Å²) >= 11 is 12.7. The van der Waals surface area contributed by atoms with Gasteiger partial charge in [0.2, 0.25) is 0 Å². The van der Waals surface area contributed by atoms with Gasteiger partial charge in [-0.15, -0.1) is 0 Å². The summed E-state index contributed by atoms with van der Waals surface area (Å²) in [5.41, 5.74) is 3.00. The predicted molar refractivity (Wildman–Crippen MR) is 134 cm³/mol. The first-order valence-electron chi connectivity index (χ1n) is 11.3. The van der Waals surface area contributed by atoms with E-state index in [0.29, 0.717) is 41.1 Å². The van der Waals surface area contributed by atoms with Gasteiger partial charge in [0.15, 0.2) is 5.75 Å². The summed E-state index contributed by atoms with van der Waals surface area (Å²) < 4.78 is 5.63. The molecule has 0 radical (unpaired) electrons. The molecule has 172 valence electrons. The molecule has 0 unspecified atom stereocenters. The topological polar surface area (TPSA) is 32.8 Å². The van der Waals surface area contributed by atoms with Crippen LogP contribution in [0.15, 0.2) is 72.8 Å². The van der Waals surface area contributed by atoms with Crippen LogP contribution in [0.2, 0.25) is 10.0 Å². The largest absolute Gasteiger partial charge is 0.490 e. The van der Waals surface area contributed by atoms with Crippen LogP contribution in [0.4, 0.5) is 0 Å². The molecule has 3 aromatic carbocycles. The molecule has 0 spiro atoms. The van der Waals surface area contributed by atoms with Gasteiger partial charge >= 0.3 is 0 Å². The Bertz CT molecular complexity index is 1010. The van der Waals surface area contributed by atoms with Gasteiger partial charge in [-0.2, -0.15) is 0 Å². The smallest absolute Gasteiger partial charge is 0.254 e. The van der Waals surface area contributed by atoms with Gasteiger partial charge < -0.3 is 9.64 Å². The van der Waals surface area contributed by atoms with Crippen molar-refractivity contribution in [3.8, 4) is 5.75 Å². The van der Waals surface area contributed by atoms with Gasteiger partial charge in [-0.1, -0.05) is 90.8 Å². The lowest BCUT2D eigenvalue weighted by Crippen LogP contribution is -2.49. The van der Waals surface area contributed by atoms with Crippen LogP contribution < -0.4 is 4.74 Å². The van der Waals surface area contributed by atoms with Crippen molar-refractivity contribution >= 4 is 29.1 Å². The van der Waals surface area contributed by atoms with Crippen molar-refractivity contribution in [2.24, 2.45) is 0 Å². The number of nitrogens with zero attached hydrogens (tertiary/aromatic N) is 2. The van der Waals surface area contributed by atoms with E-state index in [1.54, 1.807) is 12.1 Å². The molecule has 1 saturated heterocycles. The third-order valence-corrected chi connectivity index (χ3v) is 6.45. The zero-order valence-electron chi connectivity index (χ0n) is 18.7. The van der Waals surface area contributed by atoms with Crippen molar-refractivity contribution in [1.82, 2.24) is 9.80 Å². The Hall–Kier alpha value is -2.53. The van der Waals surface area contributed by atoms with Crippen molar-refractivity contribution in [2.45, 2.75) is 19.4 Å². The number of halogens is 2. The van der Waals surface area contributed by atoms with E-state index in [1.807, 2.05) is 24.0 Å². The third-order valence-electron chi connectivity index (χ3n) is 5.89. The van der Waals surface area contributed by atoms with Crippen LogP contribution in [-0.4, -0.2) is 48.5 Å². The maximum atomic E-state index is 13.2. The van der Waals surface area contributed by atoms with E-state index in [4.69, 9.17) is 27.9 Å². The van der Waals surface area contributed by atoms with E-state index in [2.05, 4.69) is 53.4 Å². The van der Waals surface area contributed by atoms with Crippen molar-refractivity contribution < 1.29 is 9.53 Å². The SMILES string of the molecule is CCCOc1c(Cl)cc(C(=O)N2CCN(C(c3ccccc3)c3ccccc3)CC2)cc1Cl. The maximum Gasteiger partial charge on any atom is 0.254 e. The Kier molecular flexibility index (Phi) is 7.92. The van der Waals surface area contributed by atoms with Crippen LogP contribution >= 0.6 is 23.2 Å². The first kappa shape index (κ1) is 23.6. The van der Waals surface area contributed by atoms with Gasteiger partial charge in [0, 0.05) is 31.7 Å². The summed E-state index contributed by atoms with van der Waals surface area (Å²) in [5.74, 6) is 0.381. The molecule has 0 aliphatic carbocycles. The quantitative estimate of drug-likeness (QED) is 0.394. The molecule has 1 aliphatic heterocycles. The molecule has 1 aliphatic rings. The Labute approximate surface area is 205 Å². The van der Waals surface area contributed by atoms with Crippen molar-refractivity contribution in [2.75, 3.05) is 32.8 Å². The van der Waals surface area contributed by atoms with E-state index in [0.717, 1.165) is 19.5 Å². The second-order valence-corrected chi connectivity index (χ2v) is 8.98. The number of benzene rings is 3. The third kappa shape index (κ3) is 5.52. The van der Waals surface area contributed by atoms with Gasteiger partial charge in [-0.3, -0.25) is 9.69 Å². The van der Waals surface area contributed by atoms with E-state index in [9.17, 15) is 4.79 Å². The molecule has 1 heterocycles. The molecule has 4 nitrogen and oxygen atoms in total. The fraction of sp³-hybridized carbons (Fsp3) is 0.296. The highest BCUT2D eigenvalue weighted by Crippen LogP contribution is 2.35. The van der Waals surface area contributed by atoms with E-state index >= 15 is 0 Å². The number of hydrogen-bond donors (Lipinski definition) is 0. The van der Waals surface area contributed by atoms with Gasteiger partial charge in [-0.25, -0.2) is 0 Å². The Morgan fingerprint density at radius 2 is 1.39 bits per heavy atom. The number of ether oxygens (including phenoxy) is 1. The second kappa shape index (κ2) is 11.1. The van der Waals surface area contributed by atoms with Crippen LogP contribution in [-0.2, 0) is 0 Å². The minimum Gasteiger partial charge on any atom is -0.490 e. The summed E-state index contributed by atoms with van der Waals surface area (Å²) in [6.07, 6.45) is 0.852. The minimum absolute atomic E-state index is 0.0588. The molecule has 6 heteroatoms.